The predicted octanol–water partition coefficient (Wildman–Crippen LogP) is 4.27. The first kappa shape index (κ1) is 13.0. The largest absolute Gasteiger partial charge is 0.399 e. The van der Waals surface area contributed by atoms with Crippen LogP contribution < -0.4 is 5.73 Å². The molecule has 3 rings (SSSR count). The highest BCUT2D eigenvalue weighted by atomic mass is 35.5. The van der Waals surface area contributed by atoms with Crippen molar-refractivity contribution in [1.29, 1.82) is 0 Å². The second-order valence-electron chi connectivity index (χ2n) is 4.89. The van der Waals surface area contributed by atoms with Gasteiger partial charge in [-0.15, -0.1) is 0 Å². The Balaban J connectivity index is 2.33. The molecule has 0 aliphatic carbocycles. The van der Waals surface area contributed by atoms with Crippen LogP contribution in [-0.2, 0) is 6.54 Å². The van der Waals surface area contributed by atoms with Gasteiger partial charge in [0.25, 0.3) is 0 Å². The summed E-state index contributed by atoms with van der Waals surface area (Å²) in [6, 6.07) is 11.7. The highest BCUT2D eigenvalue weighted by molar-refractivity contribution is 6.31. The van der Waals surface area contributed by atoms with Crippen molar-refractivity contribution in [2.24, 2.45) is 0 Å². The Bertz CT molecular complexity index is 790. The van der Waals surface area contributed by atoms with Gasteiger partial charge in [-0.2, -0.15) is 0 Å². The van der Waals surface area contributed by atoms with Gasteiger partial charge in [0.15, 0.2) is 0 Å². The molecular weight excluding hydrogens is 270 g/mol. The number of aryl methyl sites for hydroxylation is 2. The van der Waals surface area contributed by atoms with Crippen molar-refractivity contribution >= 4 is 28.3 Å². The number of nitrogens with zero attached hydrogens (tertiary/aromatic N) is 2. The lowest BCUT2D eigenvalue weighted by atomic mass is 10.1. The third kappa shape index (κ3) is 2.04. The third-order valence-electron chi connectivity index (χ3n) is 3.53. The van der Waals surface area contributed by atoms with Crippen LogP contribution in [0.1, 0.15) is 12.5 Å². The Morgan fingerprint density at radius 3 is 2.75 bits per heavy atom. The van der Waals surface area contributed by atoms with E-state index < -0.39 is 0 Å². The third-order valence-corrected chi connectivity index (χ3v) is 3.76. The lowest BCUT2D eigenvalue weighted by Crippen LogP contribution is -1.99. The van der Waals surface area contributed by atoms with Crippen molar-refractivity contribution in [1.82, 2.24) is 9.55 Å². The molecule has 2 aromatic carbocycles. The van der Waals surface area contributed by atoms with Crippen LogP contribution in [0.25, 0.3) is 22.4 Å². The molecule has 0 bridgehead atoms. The summed E-state index contributed by atoms with van der Waals surface area (Å²) >= 11 is 6.10. The average Bonchev–Trinajstić information content (AvgIpc) is 2.79. The maximum Gasteiger partial charge on any atom is 0.141 e. The number of imidazole rings is 1. The molecule has 4 heteroatoms. The number of rotatable bonds is 2. The highest BCUT2D eigenvalue weighted by Gasteiger charge is 2.13. The minimum Gasteiger partial charge on any atom is -0.399 e. The first-order valence-electron chi connectivity index (χ1n) is 6.62. The van der Waals surface area contributed by atoms with Crippen molar-refractivity contribution < 1.29 is 0 Å². The van der Waals surface area contributed by atoms with E-state index in [9.17, 15) is 0 Å². The lowest BCUT2D eigenvalue weighted by Gasteiger charge is -2.09. The SMILES string of the molecule is CCn1c(-c2cc(N)ccc2C)nc2ccc(Cl)cc21. The van der Waals surface area contributed by atoms with E-state index in [1.54, 1.807) is 0 Å². The number of hydrogen-bond donors (Lipinski definition) is 1. The number of benzene rings is 2. The molecule has 1 heterocycles. The molecule has 0 radical (unpaired) electrons. The van der Waals surface area contributed by atoms with Gasteiger partial charge in [0.05, 0.1) is 11.0 Å². The molecule has 0 aliphatic rings. The molecule has 3 nitrogen and oxygen atoms in total. The van der Waals surface area contributed by atoms with E-state index in [0.717, 1.165) is 45.2 Å². The topological polar surface area (TPSA) is 43.8 Å². The molecule has 0 atom stereocenters. The van der Waals surface area contributed by atoms with Crippen LogP contribution >= 0.6 is 11.6 Å². The first-order valence-corrected chi connectivity index (χ1v) is 7.00. The van der Waals surface area contributed by atoms with E-state index in [1.165, 1.54) is 0 Å². The van der Waals surface area contributed by atoms with Gasteiger partial charge in [-0.25, -0.2) is 4.98 Å². The van der Waals surface area contributed by atoms with E-state index in [2.05, 4.69) is 18.4 Å². The summed E-state index contributed by atoms with van der Waals surface area (Å²) in [5.74, 6) is 0.939. The predicted molar refractivity (Wildman–Crippen MR) is 85.0 cm³/mol. The Hall–Kier alpha value is -2.00. The second kappa shape index (κ2) is 4.84. The molecule has 0 fully saturated rings. The highest BCUT2D eigenvalue weighted by Crippen LogP contribution is 2.29. The average molecular weight is 286 g/mol. The monoisotopic (exact) mass is 285 g/mol. The van der Waals surface area contributed by atoms with Gasteiger partial charge in [0, 0.05) is 22.8 Å². The number of anilines is 1. The summed E-state index contributed by atoms with van der Waals surface area (Å²) in [7, 11) is 0. The molecule has 2 N–H and O–H groups in total. The van der Waals surface area contributed by atoms with Crippen LogP contribution in [-0.4, -0.2) is 9.55 Å². The molecule has 1 aromatic heterocycles. The Kier molecular flexibility index (Phi) is 3.14. The number of halogens is 1. The standard InChI is InChI=1S/C16H16ClN3/c1-3-20-15-8-11(17)5-7-14(15)19-16(20)13-9-12(18)6-4-10(13)2/h4-9H,3,18H2,1-2H3. The zero-order chi connectivity index (χ0) is 14.3. The van der Waals surface area contributed by atoms with Crippen LogP contribution in [0.2, 0.25) is 5.02 Å². The van der Waals surface area contributed by atoms with Gasteiger partial charge in [0.2, 0.25) is 0 Å². The summed E-state index contributed by atoms with van der Waals surface area (Å²) in [5, 5.41) is 0.725. The summed E-state index contributed by atoms with van der Waals surface area (Å²) < 4.78 is 2.17. The first-order chi connectivity index (χ1) is 9.60. The molecule has 0 saturated carbocycles. The fourth-order valence-corrected chi connectivity index (χ4v) is 2.67. The molecule has 0 aliphatic heterocycles. The van der Waals surface area contributed by atoms with E-state index in [-0.39, 0.29) is 0 Å². The smallest absolute Gasteiger partial charge is 0.141 e. The zero-order valence-corrected chi connectivity index (χ0v) is 12.3. The van der Waals surface area contributed by atoms with Crippen molar-refractivity contribution in [3.8, 4) is 11.4 Å². The van der Waals surface area contributed by atoms with Crippen molar-refractivity contribution in [3.63, 3.8) is 0 Å². The van der Waals surface area contributed by atoms with E-state index in [1.807, 2.05) is 36.4 Å². The van der Waals surface area contributed by atoms with Gasteiger partial charge in [-0.3, -0.25) is 0 Å². The van der Waals surface area contributed by atoms with Crippen LogP contribution in [0.5, 0.6) is 0 Å². The maximum atomic E-state index is 6.10. The fourth-order valence-electron chi connectivity index (χ4n) is 2.50. The van der Waals surface area contributed by atoms with Gasteiger partial charge in [0.1, 0.15) is 5.82 Å². The quantitative estimate of drug-likeness (QED) is 0.715. The van der Waals surface area contributed by atoms with Crippen molar-refractivity contribution in [2.75, 3.05) is 5.73 Å². The summed E-state index contributed by atoms with van der Waals surface area (Å²) in [5.41, 5.74) is 10.9. The lowest BCUT2D eigenvalue weighted by molar-refractivity contribution is 0.796. The number of nitrogen functional groups attached to an aromatic ring is 1. The van der Waals surface area contributed by atoms with Crippen LogP contribution in [0.3, 0.4) is 0 Å². The number of fused-ring (bicyclic) bond motifs is 1. The van der Waals surface area contributed by atoms with Gasteiger partial charge >= 0.3 is 0 Å². The molecule has 102 valence electrons. The van der Waals surface area contributed by atoms with Gasteiger partial charge in [-0.1, -0.05) is 17.7 Å². The normalized spacial score (nSPS) is 11.2. The Labute approximate surface area is 123 Å². The molecule has 0 unspecified atom stereocenters. The zero-order valence-electron chi connectivity index (χ0n) is 11.5. The van der Waals surface area contributed by atoms with Crippen LogP contribution in [0.4, 0.5) is 5.69 Å². The van der Waals surface area contributed by atoms with Gasteiger partial charge in [-0.05, 0) is 49.7 Å². The molecule has 0 spiro atoms. The second-order valence-corrected chi connectivity index (χ2v) is 5.32. The summed E-state index contributed by atoms with van der Waals surface area (Å²) in [6.45, 7) is 5.01. The number of hydrogen-bond acceptors (Lipinski definition) is 2. The summed E-state index contributed by atoms with van der Waals surface area (Å²) in [4.78, 5) is 4.75. The van der Waals surface area contributed by atoms with Crippen molar-refractivity contribution in [3.05, 3.63) is 47.0 Å². The number of nitrogens with two attached hydrogens (primary N) is 1. The van der Waals surface area contributed by atoms with Crippen molar-refractivity contribution in [2.45, 2.75) is 20.4 Å². The Morgan fingerprint density at radius 1 is 1.20 bits per heavy atom. The fraction of sp³-hybridized carbons (Fsp3) is 0.188. The maximum absolute atomic E-state index is 6.10. The van der Waals surface area contributed by atoms with Crippen LogP contribution in [0, 0.1) is 6.92 Å². The minimum atomic E-state index is 0.725. The molecule has 0 saturated heterocycles. The Morgan fingerprint density at radius 2 is 2.00 bits per heavy atom. The van der Waals surface area contributed by atoms with Crippen LogP contribution in [0.15, 0.2) is 36.4 Å². The van der Waals surface area contributed by atoms with E-state index in [4.69, 9.17) is 22.3 Å². The summed E-state index contributed by atoms with van der Waals surface area (Å²) in [6.07, 6.45) is 0. The molecule has 20 heavy (non-hydrogen) atoms. The van der Waals surface area contributed by atoms with E-state index in [0.29, 0.717) is 0 Å². The molecule has 3 aromatic rings. The van der Waals surface area contributed by atoms with Gasteiger partial charge < -0.3 is 10.3 Å². The number of aromatic nitrogens is 2. The molecule has 0 amide bonds. The minimum absolute atomic E-state index is 0.725. The van der Waals surface area contributed by atoms with E-state index >= 15 is 0 Å². The molecular formula is C16H16ClN3.